The summed E-state index contributed by atoms with van der Waals surface area (Å²) in [4.78, 5) is 18.3. The van der Waals surface area contributed by atoms with Crippen LogP contribution in [-0.2, 0) is 0 Å². The predicted molar refractivity (Wildman–Crippen MR) is 63.8 cm³/mol. The van der Waals surface area contributed by atoms with Crippen LogP contribution >= 0.6 is 11.8 Å². The number of thioether (sulfide) groups is 1. The van der Waals surface area contributed by atoms with Gasteiger partial charge in [-0.2, -0.15) is 0 Å². The van der Waals surface area contributed by atoms with Crippen molar-refractivity contribution in [3.8, 4) is 0 Å². The van der Waals surface area contributed by atoms with E-state index in [9.17, 15) is 10.1 Å². The standard InChI is InChI=1S/C9H14N4O2S/c1-9(2,3)16-8-6(13(14)15)7(10-4)11-5-12-8/h5H,1-4H3,(H,10,11,12). The molecule has 1 heterocycles. The lowest BCUT2D eigenvalue weighted by molar-refractivity contribution is -0.387. The third kappa shape index (κ3) is 3.06. The van der Waals surface area contributed by atoms with Crippen molar-refractivity contribution in [1.82, 2.24) is 9.97 Å². The summed E-state index contributed by atoms with van der Waals surface area (Å²) in [5, 5.41) is 14.0. The van der Waals surface area contributed by atoms with Gasteiger partial charge in [0.1, 0.15) is 6.33 Å². The number of hydrogen-bond acceptors (Lipinski definition) is 6. The smallest absolute Gasteiger partial charge is 0.343 e. The Morgan fingerprint density at radius 3 is 2.50 bits per heavy atom. The molecule has 6 nitrogen and oxygen atoms in total. The van der Waals surface area contributed by atoms with Crippen LogP contribution < -0.4 is 5.32 Å². The van der Waals surface area contributed by atoms with Crippen molar-refractivity contribution in [2.45, 2.75) is 30.5 Å². The molecule has 0 aromatic carbocycles. The molecule has 0 aliphatic carbocycles. The van der Waals surface area contributed by atoms with Crippen LogP contribution in [0, 0.1) is 10.1 Å². The zero-order valence-electron chi connectivity index (χ0n) is 9.64. The van der Waals surface area contributed by atoms with Gasteiger partial charge in [0, 0.05) is 11.8 Å². The number of nitrogens with zero attached hydrogens (tertiary/aromatic N) is 3. The van der Waals surface area contributed by atoms with Crippen LogP contribution in [0.25, 0.3) is 0 Å². The van der Waals surface area contributed by atoms with Gasteiger partial charge in [-0.25, -0.2) is 9.97 Å². The SMILES string of the molecule is CNc1ncnc(SC(C)(C)C)c1[N+](=O)[O-]. The second-order valence-corrected chi connectivity index (χ2v) is 5.91. The summed E-state index contributed by atoms with van der Waals surface area (Å²) < 4.78 is -0.135. The van der Waals surface area contributed by atoms with Gasteiger partial charge in [-0.1, -0.05) is 32.5 Å². The number of nitrogens with one attached hydrogen (secondary N) is 1. The van der Waals surface area contributed by atoms with E-state index in [0.717, 1.165) is 0 Å². The molecule has 0 saturated carbocycles. The molecule has 0 fully saturated rings. The molecule has 0 unspecified atom stereocenters. The minimum absolute atomic E-state index is 0.0649. The number of anilines is 1. The minimum Gasteiger partial charge on any atom is -0.367 e. The van der Waals surface area contributed by atoms with E-state index in [1.54, 1.807) is 7.05 Å². The lowest BCUT2D eigenvalue weighted by Crippen LogP contribution is -2.10. The second kappa shape index (κ2) is 4.65. The van der Waals surface area contributed by atoms with Crippen LogP contribution in [-0.4, -0.2) is 26.7 Å². The van der Waals surface area contributed by atoms with Gasteiger partial charge in [0.15, 0.2) is 5.03 Å². The number of hydrogen-bond donors (Lipinski definition) is 1. The van der Waals surface area contributed by atoms with Crippen molar-refractivity contribution in [1.29, 1.82) is 0 Å². The van der Waals surface area contributed by atoms with Gasteiger partial charge in [-0.15, -0.1) is 0 Å². The van der Waals surface area contributed by atoms with Gasteiger partial charge in [0.25, 0.3) is 0 Å². The van der Waals surface area contributed by atoms with Crippen molar-refractivity contribution in [2.24, 2.45) is 0 Å². The fourth-order valence-electron chi connectivity index (χ4n) is 1.07. The summed E-state index contributed by atoms with van der Waals surface area (Å²) in [6, 6.07) is 0. The van der Waals surface area contributed by atoms with Crippen molar-refractivity contribution in [3.05, 3.63) is 16.4 Å². The maximum Gasteiger partial charge on any atom is 0.343 e. The monoisotopic (exact) mass is 242 g/mol. The maximum atomic E-state index is 11.0. The van der Waals surface area contributed by atoms with E-state index in [2.05, 4.69) is 15.3 Å². The molecule has 0 bridgehead atoms. The van der Waals surface area contributed by atoms with Gasteiger partial charge < -0.3 is 5.32 Å². The quantitative estimate of drug-likeness (QED) is 0.379. The van der Waals surface area contributed by atoms with E-state index in [1.165, 1.54) is 18.1 Å². The largest absolute Gasteiger partial charge is 0.367 e. The summed E-state index contributed by atoms with van der Waals surface area (Å²) in [6.45, 7) is 5.92. The van der Waals surface area contributed by atoms with Crippen molar-refractivity contribution >= 4 is 23.3 Å². The van der Waals surface area contributed by atoms with Crippen LogP contribution in [0.15, 0.2) is 11.4 Å². The first-order valence-corrected chi connectivity index (χ1v) is 5.53. The van der Waals surface area contributed by atoms with Gasteiger partial charge in [0.05, 0.1) is 4.92 Å². The van der Waals surface area contributed by atoms with Crippen LogP contribution in [0.5, 0.6) is 0 Å². The first-order chi connectivity index (χ1) is 7.35. The van der Waals surface area contributed by atoms with E-state index in [4.69, 9.17) is 0 Å². The zero-order valence-corrected chi connectivity index (χ0v) is 10.5. The Balaban J connectivity index is 3.22. The molecule has 16 heavy (non-hydrogen) atoms. The lowest BCUT2D eigenvalue weighted by atomic mass is 10.3. The van der Waals surface area contributed by atoms with E-state index < -0.39 is 4.92 Å². The first-order valence-electron chi connectivity index (χ1n) is 4.71. The molecule has 1 aromatic rings. The molecule has 0 amide bonds. The van der Waals surface area contributed by atoms with Gasteiger partial charge >= 0.3 is 5.69 Å². The molecular weight excluding hydrogens is 228 g/mol. The number of rotatable bonds is 3. The molecule has 1 N–H and O–H groups in total. The van der Waals surface area contributed by atoms with E-state index in [-0.39, 0.29) is 16.3 Å². The number of nitro groups is 1. The Labute approximate surface area is 98.0 Å². The Hall–Kier alpha value is -1.37. The fraction of sp³-hybridized carbons (Fsp3) is 0.556. The van der Waals surface area contributed by atoms with Crippen molar-refractivity contribution in [2.75, 3.05) is 12.4 Å². The molecule has 1 rings (SSSR count). The average Bonchev–Trinajstić information content (AvgIpc) is 2.14. The Kier molecular flexibility index (Phi) is 3.69. The van der Waals surface area contributed by atoms with Gasteiger partial charge in [0.2, 0.25) is 5.82 Å². The molecule has 0 spiro atoms. The van der Waals surface area contributed by atoms with Crippen molar-refractivity contribution in [3.63, 3.8) is 0 Å². The van der Waals surface area contributed by atoms with Crippen LogP contribution in [0.2, 0.25) is 0 Å². The second-order valence-electron chi connectivity index (χ2n) is 4.10. The first kappa shape index (κ1) is 12.7. The molecule has 0 aliphatic rings. The van der Waals surface area contributed by atoms with Gasteiger partial charge in [-0.3, -0.25) is 10.1 Å². The Morgan fingerprint density at radius 1 is 1.44 bits per heavy atom. The minimum atomic E-state index is -0.458. The highest BCUT2D eigenvalue weighted by Crippen LogP contribution is 2.38. The highest BCUT2D eigenvalue weighted by molar-refractivity contribution is 8.00. The molecule has 88 valence electrons. The molecule has 0 radical (unpaired) electrons. The average molecular weight is 242 g/mol. The van der Waals surface area contributed by atoms with E-state index >= 15 is 0 Å². The third-order valence-corrected chi connectivity index (χ3v) is 2.72. The maximum absolute atomic E-state index is 11.0. The zero-order chi connectivity index (χ0) is 12.3. The molecule has 7 heteroatoms. The summed E-state index contributed by atoms with van der Waals surface area (Å²) >= 11 is 1.35. The highest BCUT2D eigenvalue weighted by atomic mass is 32.2. The Bertz CT molecular complexity index is 403. The molecule has 0 aliphatic heterocycles. The molecule has 0 atom stereocenters. The van der Waals surface area contributed by atoms with E-state index in [0.29, 0.717) is 5.03 Å². The van der Waals surface area contributed by atoms with Crippen LogP contribution in [0.4, 0.5) is 11.5 Å². The Morgan fingerprint density at radius 2 is 2.06 bits per heavy atom. The molecular formula is C9H14N4O2S. The molecule has 1 aromatic heterocycles. The third-order valence-electron chi connectivity index (χ3n) is 1.61. The summed E-state index contributed by atoms with van der Waals surface area (Å²) in [6.07, 6.45) is 1.33. The van der Waals surface area contributed by atoms with Crippen molar-refractivity contribution < 1.29 is 4.92 Å². The summed E-state index contributed by atoms with van der Waals surface area (Å²) in [5.74, 6) is 0.242. The topological polar surface area (TPSA) is 81.0 Å². The molecule has 0 saturated heterocycles. The van der Waals surface area contributed by atoms with Crippen LogP contribution in [0.1, 0.15) is 20.8 Å². The lowest BCUT2D eigenvalue weighted by Gasteiger charge is -2.16. The highest BCUT2D eigenvalue weighted by Gasteiger charge is 2.26. The predicted octanol–water partition coefficient (Wildman–Crippen LogP) is 2.32. The van der Waals surface area contributed by atoms with E-state index in [1.807, 2.05) is 20.8 Å². The normalized spacial score (nSPS) is 11.2. The van der Waals surface area contributed by atoms with Crippen LogP contribution in [0.3, 0.4) is 0 Å². The van der Waals surface area contributed by atoms with Gasteiger partial charge in [-0.05, 0) is 0 Å². The summed E-state index contributed by atoms with van der Waals surface area (Å²) in [7, 11) is 1.60. The number of aromatic nitrogens is 2. The fourth-order valence-corrected chi connectivity index (χ4v) is 2.02. The summed E-state index contributed by atoms with van der Waals surface area (Å²) in [5.41, 5.74) is -0.0649.